The molecule has 0 fully saturated rings. The summed E-state index contributed by atoms with van der Waals surface area (Å²) < 4.78 is 0. The fraction of sp³-hybridized carbons (Fsp3) is 0.348. The molecular formula is C23H25N3O5. The number of carbonyl (C=O) groups excluding carboxylic acids is 3. The van der Waals surface area contributed by atoms with E-state index in [0.29, 0.717) is 5.92 Å². The van der Waals surface area contributed by atoms with Gasteiger partial charge in [-0.1, -0.05) is 58.0 Å². The molecule has 0 radical (unpaired) electrons. The van der Waals surface area contributed by atoms with Crippen LogP contribution in [-0.4, -0.2) is 34.1 Å². The zero-order chi connectivity index (χ0) is 22.9. The van der Waals surface area contributed by atoms with Crippen molar-refractivity contribution in [2.45, 2.75) is 39.7 Å². The number of carbonyl (C=O) groups is 3. The first-order chi connectivity index (χ1) is 14.6. The SMILES string of the molecule is CC(C)c1ccc([C@@H](NC(=O)CN2C(=O)c3cccc([N+](=O)[O-])c3C2=O)C(C)C)cc1. The second kappa shape index (κ2) is 8.67. The van der Waals surface area contributed by atoms with Gasteiger partial charge in [0.05, 0.1) is 16.5 Å². The predicted octanol–water partition coefficient (Wildman–Crippen LogP) is 3.83. The lowest BCUT2D eigenvalue weighted by atomic mass is 9.93. The lowest BCUT2D eigenvalue weighted by Gasteiger charge is -2.24. The molecule has 3 amide bonds. The van der Waals surface area contributed by atoms with E-state index in [9.17, 15) is 24.5 Å². The topological polar surface area (TPSA) is 110 Å². The van der Waals surface area contributed by atoms with Crippen LogP contribution in [0.2, 0.25) is 0 Å². The van der Waals surface area contributed by atoms with Crippen LogP contribution in [0.4, 0.5) is 5.69 Å². The van der Waals surface area contributed by atoms with E-state index in [-0.39, 0.29) is 23.1 Å². The minimum atomic E-state index is -0.829. The van der Waals surface area contributed by atoms with Crippen molar-refractivity contribution < 1.29 is 19.3 Å². The standard InChI is InChI=1S/C23H25N3O5/c1-13(2)15-8-10-16(11-9-15)21(14(3)4)24-19(27)12-25-22(28)17-6-5-7-18(26(30)31)20(17)23(25)29/h5-11,13-14,21H,12H2,1-4H3,(H,24,27)/t21-/m0/s1. The highest BCUT2D eigenvalue weighted by molar-refractivity contribution is 6.24. The van der Waals surface area contributed by atoms with Gasteiger partial charge < -0.3 is 5.32 Å². The molecule has 0 spiro atoms. The van der Waals surface area contributed by atoms with Gasteiger partial charge in [-0.3, -0.25) is 29.4 Å². The summed E-state index contributed by atoms with van der Waals surface area (Å²) in [5, 5.41) is 14.1. The van der Waals surface area contributed by atoms with Crippen LogP contribution in [0, 0.1) is 16.0 Å². The van der Waals surface area contributed by atoms with E-state index in [1.807, 2.05) is 38.1 Å². The van der Waals surface area contributed by atoms with E-state index in [0.717, 1.165) is 10.5 Å². The molecule has 2 aromatic rings. The van der Waals surface area contributed by atoms with Crippen LogP contribution in [-0.2, 0) is 4.79 Å². The van der Waals surface area contributed by atoms with E-state index in [2.05, 4.69) is 19.2 Å². The maximum atomic E-state index is 12.7. The molecule has 0 bridgehead atoms. The fourth-order valence-electron chi connectivity index (χ4n) is 3.70. The first-order valence-electron chi connectivity index (χ1n) is 10.1. The summed E-state index contributed by atoms with van der Waals surface area (Å²) in [4.78, 5) is 49.3. The quantitative estimate of drug-likeness (QED) is 0.413. The highest BCUT2D eigenvalue weighted by Crippen LogP contribution is 2.31. The van der Waals surface area contributed by atoms with Crippen molar-refractivity contribution in [1.29, 1.82) is 0 Å². The number of fused-ring (bicyclic) bond motifs is 1. The molecule has 1 aliphatic heterocycles. The number of benzene rings is 2. The van der Waals surface area contributed by atoms with Gasteiger partial charge in [-0.15, -0.1) is 0 Å². The molecule has 0 unspecified atom stereocenters. The minimum Gasteiger partial charge on any atom is -0.347 e. The Morgan fingerprint density at radius 1 is 1.00 bits per heavy atom. The van der Waals surface area contributed by atoms with Crippen molar-refractivity contribution in [2.75, 3.05) is 6.54 Å². The van der Waals surface area contributed by atoms with Gasteiger partial charge in [0.1, 0.15) is 12.1 Å². The zero-order valence-electron chi connectivity index (χ0n) is 17.9. The van der Waals surface area contributed by atoms with Crippen LogP contribution in [0.3, 0.4) is 0 Å². The van der Waals surface area contributed by atoms with Gasteiger partial charge in [-0.2, -0.15) is 0 Å². The van der Waals surface area contributed by atoms with Crippen molar-refractivity contribution in [2.24, 2.45) is 5.92 Å². The Labute approximate surface area is 180 Å². The van der Waals surface area contributed by atoms with Gasteiger partial charge in [0, 0.05) is 6.07 Å². The first kappa shape index (κ1) is 22.1. The number of nitrogens with zero attached hydrogens (tertiary/aromatic N) is 2. The van der Waals surface area contributed by atoms with Crippen LogP contribution in [0.15, 0.2) is 42.5 Å². The van der Waals surface area contributed by atoms with E-state index < -0.39 is 34.9 Å². The Balaban J connectivity index is 1.77. The molecule has 8 nitrogen and oxygen atoms in total. The smallest absolute Gasteiger partial charge is 0.282 e. The van der Waals surface area contributed by atoms with E-state index in [1.165, 1.54) is 23.8 Å². The molecule has 3 rings (SSSR count). The molecular weight excluding hydrogens is 398 g/mol. The molecule has 0 aromatic heterocycles. The van der Waals surface area contributed by atoms with Crippen molar-refractivity contribution in [3.8, 4) is 0 Å². The molecule has 1 N–H and O–H groups in total. The lowest BCUT2D eigenvalue weighted by Crippen LogP contribution is -2.42. The number of hydrogen-bond donors (Lipinski definition) is 1. The van der Waals surface area contributed by atoms with Crippen LogP contribution >= 0.6 is 0 Å². The first-order valence-corrected chi connectivity index (χ1v) is 10.1. The molecule has 162 valence electrons. The Hall–Kier alpha value is -3.55. The second-order valence-corrected chi connectivity index (χ2v) is 8.26. The number of imide groups is 1. The molecule has 1 heterocycles. The van der Waals surface area contributed by atoms with Crippen LogP contribution in [0.1, 0.15) is 71.5 Å². The largest absolute Gasteiger partial charge is 0.347 e. The molecule has 1 aliphatic rings. The van der Waals surface area contributed by atoms with Crippen molar-refractivity contribution in [3.05, 3.63) is 74.8 Å². The van der Waals surface area contributed by atoms with Gasteiger partial charge in [-0.05, 0) is 29.0 Å². The lowest BCUT2D eigenvalue weighted by molar-refractivity contribution is -0.385. The molecule has 1 atom stereocenters. The maximum absolute atomic E-state index is 12.7. The molecule has 0 saturated heterocycles. The normalized spacial score (nSPS) is 14.2. The van der Waals surface area contributed by atoms with E-state index in [4.69, 9.17) is 0 Å². The highest BCUT2D eigenvalue weighted by Gasteiger charge is 2.41. The van der Waals surface area contributed by atoms with Crippen LogP contribution in [0.25, 0.3) is 0 Å². The van der Waals surface area contributed by atoms with Gasteiger partial charge in [0.15, 0.2) is 0 Å². The summed E-state index contributed by atoms with van der Waals surface area (Å²) in [6.07, 6.45) is 0. The number of amides is 3. The molecule has 0 saturated carbocycles. The summed E-state index contributed by atoms with van der Waals surface area (Å²) in [5.74, 6) is -1.59. The zero-order valence-corrected chi connectivity index (χ0v) is 17.9. The fourth-order valence-corrected chi connectivity index (χ4v) is 3.70. The third kappa shape index (κ3) is 4.33. The van der Waals surface area contributed by atoms with Gasteiger partial charge >= 0.3 is 0 Å². The average molecular weight is 423 g/mol. The number of hydrogen-bond acceptors (Lipinski definition) is 5. The molecule has 0 aliphatic carbocycles. The maximum Gasteiger partial charge on any atom is 0.282 e. The van der Waals surface area contributed by atoms with Crippen molar-refractivity contribution in [3.63, 3.8) is 0 Å². The Morgan fingerprint density at radius 2 is 1.61 bits per heavy atom. The number of nitrogens with one attached hydrogen (secondary N) is 1. The summed E-state index contributed by atoms with van der Waals surface area (Å²) in [7, 11) is 0. The molecule has 2 aromatic carbocycles. The van der Waals surface area contributed by atoms with Gasteiger partial charge in [-0.25, -0.2) is 0 Å². The molecule has 31 heavy (non-hydrogen) atoms. The highest BCUT2D eigenvalue weighted by atomic mass is 16.6. The summed E-state index contributed by atoms with van der Waals surface area (Å²) in [6, 6.07) is 11.5. The second-order valence-electron chi connectivity index (χ2n) is 8.26. The van der Waals surface area contributed by atoms with E-state index in [1.54, 1.807) is 0 Å². The Kier molecular flexibility index (Phi) is 6.19. The van der Waals surface area contributed by atoms with Crippen LogP contribution in [0.5, 0.6) is 0 Å². The van der Waals surface area contributed by atoms with E-state index >= 15 is 0 Å². The predicted molar refractivity (Wildman–Crippen MR) is 115 cm³/mol. The van der Waals surface area contributed by atoms with Crippen molar-refractivity contribution in [1.82, 2.24) is 10.2 Å². The Bertz CT molecular complexity index is 1040. The number of nitro groups is 1. The number of nitro benzene ring substituents is 1. The average Bonchev–Trinajstić information content (AvgIpc) is 2.96. The van der Waals surface area contributed by atoms with Gasteiger partial charge in [0.2, 0.25) is 5.91 Å². The number of rotatable bonds is 7. The molecule has 8 heteroatoms. The summed E-state index contributed by atoms with van der Waals surface area (Å²) >= 11 is 0. The van der Waals surface area contributed by atoms with Gasteiger partial charge in [0.25, 0.3) is 17.5 Å². The third-order valence-corrected chi connectivity index (χ3v) is 5.42. The van der Waals surface area contributed by atoms with Crippen molar-refractivity contribution >= 4 is 23.4 Å². The monoisotopic (exact) mass is 423 g/mol. The third-order valence-electron chi connectivity index (χ3n) is 5.42. The van der Waals surface area contributed by atoms with Crippen LogP contribution < -0.4 is 5.32 Å². The summed E-state index contributed by atoms with van der Waals surface area (Å²) in [6.45, 7) is 7.63. The minimum absolute atomic E-state index is 0.0586. The Morgan fingerprint density at radius 3 is 2.16 bits per heavy atom. The summed E-state index contributed by atoms with van der Waals surface area (Å²) in [5.41, 5.74) is 1.34.